The Morgan fingerprint density at radius 1 is 1.00 bits per heavy atom. The minimum absolute atomic E-state index is 0.371. The molecular weight excluding hydrogens is 298 g/mol. The molecular formula is C16H17N3O2S. The van der Waals surface area contributed by atoms with E-state index in [-0.39, 0.29) is 0 Å². The molecule has 0 aliphatic rings. The molecule has 0 atom stereocenters. The molecule has 114 valence electrons. The van der Waals surface area contributed by atoms with Gasteiger partial charge < -0.3 is 14.8 Å². The van der Waals surface area contributed by atoms with Gasteiger partial charge in [-0.15, -0.1) is 0 Å². The minimum atomic E-state index is 0.371. The number of ether oxygens (including phenoxy) is 2. The molecule has 2 N–H and O–H groups in total. The molecule has 0 radical (unpaired) electrons. The summed E-state index contributed by atoms with van der Waals surface area (Å²) in [6, 6.07) is 15.1. The van der Waals surface area contributed by atoms with Crippen LogP contribution in [0.25, 0.3) is 0 Å². The van der Waals surface area contributed by atoms with Gasteiger partial charge in [-0.25, -0.2) is 0 Å². The number of hydrazone groups is 1. The molecule has 0 spiro atoms. The molecule has 2 aromatic rings. The number of thiocarbonyl (C=S) groups is 1. The number of para-hydroxylation sites is 3. The van der Waals surface area contributed by atoms with Gasteiger partial charge in [-0.1, -0.05) is 24.3 Å². The van der Waals surface area contributed by atoms with Crippen molar-refractivity contribution >= 4 is 29.2 Å². The fraction of sp³-hybridized carbons (Fsp3) is 0.125. The smallest absolute Gasteiger partial charge is 0.191 e. The highest BCUT2D eigenvalue weighted by Gasteiger charge is 2.03. The average molecular weight is 315 g/mol. The molecule has 22 heavy (non-hydrogen) atoms. The molecule has 0 aliphatic heterocycles. The first-order chi connectivity index (χ1) is 10.7. The molecule has 0 amide bonds. The van der Waals surface area contributed by atoms with Gasteiger partial charge in [0.15, 0.2) is 5.11 Å². The second-order valence-electron chi connectivity index (χ2n) is 4.27. The Morgan fingerprint density at radius 2 is 1.64 bits per heavy atom. The quantitative estimate of drug-likeness (QED) is 0.505. The summed E-state index contributed by atoms with van der Waals surface area (Å²) in [4.78, 5) is 0. The van der Waals surface area contributed by atoms with Crippen LogP contribution in [0, 0.1) is 0 Å². The van der Waals surface area contributed by atoms with E-state index in [9.17, 15) is 0 Å². The third kappa shape index (κ3) is 4.20. The molecule has 0 heterocycles. The summed E-state index contributed by atoms with van der Waals surface area (Å²) >= 11 is 5.20. The Labute approximate surface area is 134 Å². The van der Waals surface area contributed by atoms with Crippen LogP contribution >= 0.6 is 12.2 Å². The lowest BCUT2D eigenvalue weighted by Gasteiger charge is -2.10. The maximum absolute atomic E-state index is 5.25. The molecule has 0 fully saturated rings. The number of rotatable bonds is 5. The normalized spacial score (nSPS) is 10.3. The number of hydrogen-bond acceptors (Lipinski definition) is 4. The summed E-state index contributed by atoms with van der Waals surface area (Å²) in [7, 11) is 3.23. The van der Waals surface area contributed by atoms with Crippen LogP contribution in [0.15, 0.2) is 53.6 Å². The van der Waals surface area contributed by atoms with E-state index in [4.69, 9.17) is 21.7 Å². The van der Waals surface area contributed by atoms with Gasteiger partial charge in [0.2, 0.25) is 0 Å². The highest BCUT2D eigenvalue weighted by atomic mass is 32.1. The zero-order chi connectivity index (χ0) is 15.8. The van der Waals surface area contributed by atoms with Crippen molar-refractivity contribution in [3.63, 3.8) is 0 Å². The van der Waals surface area contributed by atoms with Gasteiger partial charge in [0, 0.05) is 5.56 Å². The van der Waals surface area contributed by atoms with Crippen molar-refractivity contribution in [2.24, 2.45) is 5.10 Å². The number of nitrogens with zero attached hydrogens (tertiary/aromatic N) is 1. The third-order valence-electron chi connectivity index (χ3n) is 2.86. The Hall–Kier alpha value is -2.60. The van der Waals surface area contributed by atoms with Crippen LogP contribution in [0.1, 0.15) is 5.56 Å². The predicted octanol–water partition coefficient (Wildman–Crippen LogP) is 3.02. The van der Waals surface area contributed by atoms with Crippen LogP contribution in [0.3, 0.4) is 0 Å². The van der Waals surface area contributed by atoms with Crippen molar-refractivity contribution in [1.29, 1.82) is 0 Å². The highest BCUT2D eigenvalue weighted by molar-refractivity contribution is 7.80. The first kappa shape index (κ1) is 15.8. The van der Waals surface area contributed by atoms with Crippen LogP contribution in [0.2, 0.25) is 0 Å². The van der Waals surface area contributed by atoms with Gasteiger partial charge in [-0.05, 0) is 36.5 Å². The number of benzene rings is 2. The summed E-state index contributed by atoms with van der Waals surface area (Å²) in [6.07, 6.45) is 1.65. The number of hydrogen-bond donors (Lipinski definition) is 2. The predicted molar refractivity (Wildman–Crippen MR) is 92.9 cm³/mol. The molecule has 0 aliphatic carbocycles. The summed E-state index contributed by atoms with van der Waals surface area (Å²) in [5.74, 6) is 1.46. The third-order valence-corrected chi connectivity index (χ3v) is 3.06. The monoisotopic (exact) mass is 315 g/mol. The van der Waals surface area contributed by atoms with Crippen LogP contribution in [-0.2, 0) is 0 Å². The van der Waals surface area contributed by atoms with E-state index in [0.29, 0.717) is 10.9 Å². The van der Waals surface area contributed by atoms with Crippen LogP contribution in [0.5, 0.6) is 11.5 Å². The van der Waals surface area contributed by atoms with Gasteiger partial charge in [0.1, 0.15) is 11.5 Å². The summed E-state index contributed by atoms with van der Waals surface area (Å²) in [5, 5.41) is 7.50. The van der Waals surface area contributed by atoms with Crippen LogP contribution in [-0.4, -0.2) is 25.5 Å². The second kappa shape index (κ2) is 7.99. The molecule has 6 heteroatoms. The first-order valence-electron chi connectivity index (χ1n) is 6.60. The fourth-order valence-corrected chi connectivity index (χ4v) is 1.99. The minimum Gasteiger partial charge on any atom is -0.496 e. The van der Waals surface area contributed by atoms with Gasteiger partial charge in [-0.2, -0.15) is 5.10 Å². The Kier molecular flexibility index (Phi) is 5.73. The van der Waals surface area contributed by atoms with Crippen molar-refractivity contribution in [3.05, 3.63) is 54.1 Å². The fourth-order valence-electron chi connectivity index (χ4n) is 1.83. The van der Waals surface area contributed by atoms with Gasteiger partial charge in [-0.3, -0.25) is 5.43 Å². The lowest BCUT2D eigenvalue weighted by molar-refractivity contribution is 0.414. The average Bonchev–Trinajstić information content (AvgIpc) is 2.55. The standard InChI is InChI=1S/C16H17N3O2S/c1-20-14-9-5-3-7-12(14)11-17-19-16(22)18-13-8-4-6-10-15(13)21-2/h3-11H,1-2H3,(H2,18,19,22)/b17-11-. The lowest BCUT2D eigenvalue weighted by Crippen LogP contribution is -2.24. The van der Waals surface area contributed by atoms with Crippen molar-refractivity contribution < 1.29 is 9.47 Å². The lowest BCUT2D eigenvalue weighted by atomic mass is 10.2. The van der Waals surface area contributed by atoms with Gasteiger partial charge in [0.05, 0.1) is 26.1 Å². The first-order valence-corrected chi connectivity index (χ1v) is 7.01. The van der Waals surface area contributed by atoms with E-state index in [2.05, 4.69) is 15.8 Å². The van der Waals surface area contributed by atoms with E-state index >= 15 is 0 Å². The second-order valence-corrected chi connectivity index (χ2v) is 4.67. The molecule has 0 saturated carbocycles. The maximum atomic E-state index is 5.25. The van der Waals surface area contributed by atoms with Crippen molar-refractivity contribution in [1.82, 2.24) is 5.43 Å². The highest BCUT2D eigenvalue weighted by Crippen LogP contribution is 2.22. The number of methoxy groups -OCH3 is 2. The Morgan fingerprint density at radius 3 is 2.36 bits per heavy atom. The maximum Gasteiger partial charge on any atom is 0.191 e. The zero-order valence-corrected chi connectivity index (χ0v) is 13.2. The van der Waals surface area contributed by atoms with Crippen LogP contribution in [0.4, 0.5) is 5.69 Å². The van der Waals surface area contributed by atoms with E-state index in [1.54, 1.807) is 20.4 Å². The topological polar surface area (TPSA) is 54.9 Å². The summed E-state index contributed by atoms with van der Waals surface area (Å²) in [5.41, 5.74) is 4.39. The molecule has 2 aromatic carbocycles. The summed E-state index contributed by atoms with van der Waals surface area (Å²) < 4.78 is 10.5. The van der Waals surface area contributed by atoms with Crippen molar-refractivity contribution in [2.75, 3.05) is 19.5 Å². The number of nitrogens with one attached hydrogen (secondary N) is 2. The summed E-state index contributed by atoms with van der Waals surface area (Å²) in [6.45, 7) is 0. The molecule has 0 unspecified atom stereocenters. The van der Waals surface area contributed by atoms with E-state index in [1.807, 2.05) is 48.5 Å². The largest absolute Gasteiger partial charge is 0.496 e. The Bertz CT molecular complexity index is 674. The van der Waals surface area contributed by atoms with Crippen molar-refractivity contribution in [2.45, 2.75) is 0 Å². The van der Waals surface area contributed by atoms with Crippen LogP contribution < -0.4 is 20.2 Å². The van der Waals surface area contributed by atoms with E-state index in [0.717, 1.165) is 17.0 Å². The Balaban J connectivity index is 1.96. The number of anilines is 1. The molecule has 0 saturated heterocycles. The molecule has 0 aromatic heterocycles. The SMILES string of the molecule is COc1ccccc1/C=N\NC(=S)Nc1ccccc1OC. The van der Waals surface area contributed by atoms with Gasteiger partial charge in [0.25, 0.3) is 0 Å². The molecule has 5 nitrogen and oxygen atoms in total. The van der Waals surface area contributed by atoms with Gasteiger partial charge >= 0.3 is 0 Å². The molecule has 0 bridgehead atoms. The van der Waals surface area contributed by atoms with E-state index < -0.39 is 0 Å². The van der Waals surface area contributed by atoms with E-state index in [1.165, 1.54) is 0 Å². The zero-order valence-electron chi connectivity index (χ0n) is 12.4. The van der Waals surface area contributed by atoms with Crippen molar-refractivity contribution in [3.8, 4) is 11.5 Å². The molecule has 2 rings (SSSR count).